The second-order valence-corrected chi connectivity index (χ2v) is 5.15. The number of rotatable bonds is 5. The quantitative estimate of drug-likeness (QED) is 0.842. The smallest absolute Gasteiger partial charge is 0.119 e. The van der Waals surface area contributed by atoms with Crippen molar-refractivity contribution in [3.63, 3.8) is 0 Å². The van der Waals surface area contributed by atoms with Crippen LogP contribution in [0.1, 0.15) is 50.6 Å². The zero-order valence-electron chi connectivity index (χ0n) is 10.7. The van der Waals surface area contributed by atoms with Crippen molar-refractivity contribution in [3.8, 4) is 5.75 Å². The third kappa shape index (κ3) is 3.74. The maximum absolute atomic E-state index is 5.81. The van der Waals surface area contributed by atoms with Crippen LogP contribution in [-0.4, -0.2) is 6.61 Å². The highest BCUT2D eigenvalue weighted by molar-refractivity contribution is 5.28. The summed E-state index contributed by atoms with van der Waals surface area (Å²) in [5, 5.41) is 0. The molecular formula is C15H23NO. The maximum Gasteiger partial charge on any atom is 0.119 e. The number of hydrogen-bond acceptors (Lipinski definition) is 2. The zero-order chi connectivity index (χ0) is 12.1. The summed E-state index contributed by atoms with van der Waals surface area (Å²) >= 11 is 0. The van der Waals surface area contributed by atoms with Crippen LogP contribution in [0.2, 0.25) is 0 Å². The average Bonchev–Trinajstić information content (AvgIpc) is 2.83. The highest BCUT2D eigenvalue weighted by Crippen LogP contribution is 2.27. The Hall–Kier alpha value is -1.02. The van der Waals surface area contributed by atoms with E-state index in [2.05, 4.69) is 12.1 Å². The average molecular weight is 233 g/mol. The molecule has 0 heterocycles. The minimum atomic E-state index is 0.0996. The largest absolute Gasteiger partial charge is 0.494 e. The third-order valence-electron chi connectivity index (χ3n) is 3.68. The molecule has 1 atom stereocenters. The molecule has 1 aromatic rings. The molecule has 0 spiro atoms. The fourth-order valence-electron chi connectivity index (χ4n) is 2.51. The van der Waals surface area contributed by atoms with Gasteiger partial charge in [-0.05, 0) is 37.0 Å². The molecule has 0 aliphatic heterocycles. The standard InChI is InChI=1S/C15H23NO/c1-12(16)14-6-8-15(9-7-14)17-11-10-13-4-2-3-5-13/h6-9,12-13H,2-5,10-11,16H2,1H3/t12-/m0/s1. The highest BCUT2D eigenvalue weighted by atomic mass is 16.5. The van der Waals surface area contributed by atoms with E-state index in [1.54, 1.807) is 0 Å². The second-order valence-electron chi connectivity index (χ2n) is 5.15. The molecular weight excluding hydrogens is 210 g/mol. The summed E-state index contributed by atoms with van der Waals surface area (Å²) in [7, 11) is 0. The SMILES string of the molecule is C[C@H](N)c1ccc(OCCC2CCCC2)cc1. The summed E-state index contributed by atoms with van der Waals surface area (Å²) in [6, 6.07) is 8.24. The van der Waals surface area contributed by atoms with Crippen molar-refractivity contribution < 1.29 is 4.74 Å². The van der Waals surface area contributed by atoms with E-state index in [4.69, 9.17) is 10.5 Å². The van der Waals surface area contributed by atoms with Crippen LogP contribution in [0, 0.1) is 5.92 Å². The van der Waals surface area contributed by atoms with E-state index in [-0.39, 0.29) is 6.04 Å². The molecule has 2 N–H and O–H groups in total. The molecule has 0 saturated heterocycles. The van der Waals surface area contributed by atoms with Crippen molar-refractivity contribution in [1.82, 2.24) is 0 Å². The normalized spacial score (nSPS) is 18.2. The van der Waals surface area contributed by atoms with Gasteiger partial charge in [-0.2, -0.15) is 0 Å². The summed E-state index contributed by atoms with van der Waals surface area (Å²) in [4.78, 5) is 0. The maximum atomic E-state index is 5.81. The van der Waals surface area contributed by atoms with Gasteiger partial charge in [0.05, 0.1) is 6.61 Å². The molecule has 1 aromatic carbocycles. The molecule has 0 bridgehead atoms. The first-order chi connectivity index (χ1) is 8.25. The minimum absolute atomic E-state index is 0.0996. The lowest BCUT2D eigenvalue weighted by Crippen LogP contribution is -2.06. The fourth-order valence-corrected chi connectivity index (χ4v) is 2.51. The number of ether oxygens (including phenoxy) is 1. The Kier molecular flexibility index (Phi) is 4.43. The summed E-state index contributed by atoms with van der Waals surface area (Å²) in [6.07, 6.45) is 6.82. The van der Waals surface area contributed by atoms with E-state index >= 15 is 0 Å². The van der Waals surface area contributed by atoms with Crippen LogP contribution >= 0.6 is 0 Å². The summed E-state index contributed by atoms with van der Waals surface area (Å²) in [6.45, 7) is 2.85. The van der Waals surface area contributed by atoms with Gasteiger partial charge >= 0.3 is 0 Å². The summed E-state index contributed by atoms with van der Waals surface area (Å²) in [5.41, 5.74) is 6.97. The lowest BCUT2D eigenvalue weighted by molar-refractivity contribution is 0.279. The Morgan fingerprint density at radius 2 is 1.88 bits per heavy atom. The number of nitrogens with two attached hydrogens (primary N) is 1. The molecule has 1 fully saturated rings. The van der Waals surface area contributed by atoms with Gasteiger partial charge in [-0.15, -0.1) is 0 Å². The van der Waals surface area contributed by atoms with Gasteiger partial charge in [0.15, 0.2) is 0 Å². The van der Waals surface area contributed by atoms with Gasteiger partial charge in [0, 0.05) is 6.04 Å². The Labute approximate surface area is 104 Å². The Bertz CT molecular complexity index is 325. The highest BCUT2D eigenvalue weighted by Gasteiger charge is 2.14. The zero-order valence-corrected chi connectivity index (χ0v) is 10.7. The van der Waals surface area contributed by atoms with Crippen LogP contribution < -0.4 is 10.5 Å². The van der Waals surface area contributed by atoms with E-state index in [0.717, 1.165) is 23.8 Å². The first-order valence-corrected chi connectivity index (χ1v) is 6.74. The van der Waals surface area contributed by atoms with Crippen LogP contribution in [0.3, 0.4) is 0 Å². The Balaban J connectivity index is 1.74. The molecule has 2 heteroatoms. The van der Waals surface area contributed by atoms with E-state index in [1.165, 1.54) is 32.1 Å². The second kappa shape index (κ2) is 6.06. The fraction of sp³-hybridized carbons (Fsp3) is 0.600. The van der Waals surface area contributed by atoms with E-state index in [1.807, 2.05) is 19.1 Å². The van der Waals surface area contributed by atoms with Crippen molar-refractivity contribution in [2.24, 2.45) is 11.7 Å². The Morgan fingerprint density at radius 1 is 1.24 bits per heavy atom. The number of hydrogen-bond donors (Lipinski definition) is 1. The van der Waals surface area contributed by atoms with Crippen LogP contribution in [0.25, 0.3) is 0 Å². The molecule has 1 saturated carbocycles. The molecule has 2 nitrogen and oxygen atoms in total. The van der Waals surface area contributed by atoms with Gasteiger partial charge < -0.3 is 10.5 Å². The molecule has 1 aliphatic carbocycles. The summed E-state index contributed by atoms with van der Waals surface area (Å²) < 4.78 is 5.76. The van der Waals surface area contributed by atoms with E-state index < -0.39 is 0 Å². The van der Waals surface area contributed by atoms with Crippen LogP contribution in [0.15, 0.2) is 24.3 Å². The van der Waals surface area contributed by atoms with Gasteiger partial charge in [0.2, 0.25) is 0 Å². The first-order valence-electron chi connectivity index (χ1n) is 6.74. The molecule has 1 aliphatic rings. The van der Waals surface area contributed by atoms with Crippen molar-refractivity contribution in [2.45, 2.75) is 45.1 Å². The monoisotopic (exact) mass is 233 g/mol. The third-order valence-corrected chi connectivity index (χ3v) is 3.68. The van der Waals surface area contributed by atoms with Crippen LogP contribution in [-0.2, 0) is 0 Å². The Morgan fingerprint density at radius 3 is 2.47 bits per heavy atom. The topological polar surface area (TPSA) is 35.2 Å². The molecule has 17 heavy (non-hydrogen) atoms. The lowest BCUT2D eigenvalue weighted by atomic mass is 10.1. The predicted molar refractivity (Wildman–Crippen MR) is 71.1 cm³/mol. The van der Waals surface area contributed by atoms with Crippen molar-refractivity contribution in [2.75, 3.05) is 6.61 Å². The van der Waals surface area contributed by atoms with Crippen LogP contribution in [0.4, 0.5) is 0 Å². The molecule has 0 unspecified atom stereocenters. The molecule has 0 aromatic heterocycles. The van der Waals surface area contributed by atoms with Crippen molar-refractivity contribution in [1.29, 1.82) is 0 Å². The molecule has 0 amide bonds. The first kappa shape index (κ1) is 12.4. The predicted octanol–water partition coefficient (Wildman–Crippen LogP) is 3.67. The van der Waals surface area contributed by atoms with Crippen LogP contribution in [0.5, 0.6) is 5.75 Å². The van der Waals surface area contributed by atoms with Gasteiger partial charge in [-0.3, -0.25) is 0 Å². The van der Waals surface area contributed by atoms with Crippen molar-refractivity contribution in [3.05, 3.63) is 29.8 Å². The molecule has 0 radical (unpaired) electrons. The number of benzene rings is 1. The van der Waals surface area contributed by atoms with Gasteiger partial charge in [0.25, 0.3) is 0 Å². The van der Waals surface area contributed by atoms with Gasteiger partial charge in [-0.1, -0.05) is 37.8 Å². The van der Waals surface area contributed by atoms with Gasteiger partial charge in [-0.25, -0.2) is 0 Å². The lowest BCUT2D eigenvalue weighted by Gasteiger charge is -2.11. The summed E-state index contributed by atoms with van der Waals surface area (Å²) in [5.74, 6) is 1.87. The molecule has 2 rings (SSSR count). The minimum Gasteiger partial charge on any atom is -0.494 e. The van der Waals surface area contributed by atoms with E-state index in [9.17, 15) is 0 Å². The van der Waals surface area contributed by atoms with E-state index in [0.29, 0.717) is 0 Å². The van der Waals surface area contributed by atoms with Gasteiger partial charge in [0.1, 0.15) is 5.75 Å². The molecule has 94 valence electrons. The van der Waals surface area contributed by atoms with Crippen molar-refractivity contribution >= 4 is 0 Å².